The van der Waals surface area contributed by atoms with E-state index in [1.54, 1.807) is 0 Å². The Morgan fingerprint density at radius 2 is 1.76 bits per heavy atom. The van der Waals surface area contributed by atoms with Crippen molar-refractivity contribution in [2.24, 2.45) is 5.73 Å². The molecule has 0 unspecified atom stereocenters. The molecule has 0 radical (unpaired) electrons. The third kappa shape index (κ3) is 3.81. The predicted octanol–water partition coefficient (Wildman–Crippen LogP) is 5.18. The van der Waals surface area contributed by atoms with Crippen molar-refractivity contribution in [3.05, 3.63) is 113 Å². The quantitative estimate of drug-likeness (QED) is 0.451. The van der Waals surface area contributed by atoms with Gasteiger partial charge in [0.25, 0.3) is 0 Å². The van der Waals surface area contributed by atoms with Crippen LogP contribution >= 0.6 is 0 Å². The molecule has 4 aromatic rings. The highest BCUT2D eigenvalue weighted by Gasteiger charge is 2.37. The molecule has 3 N–H and O–H groups in total. The second kappa shape index (κ2) is 8.56. The molecule has 1 aromatic heterocycles. The number of fused-ring (bicyclic) bond motifs is 1. The van der Waals surface area contributed by atoms with Crippen LogP contribution in [0.4, 0.5) is 0 Å². The van der Waals surface area contributed by atoms with Gasteiger partial charge in [-0.05, 0) is 24.1 Å². The largest absolute Gasteiger partial charge is 0.489 e. The first-order valence-electron chi connectivity index (χ1n) is 10.6. The van der Waals surface area contributed by atoms with E-state index in [4.69, 9.17) is 15.2 Å². The molecule has 3 aromatic carbocycles. The monoisotopic (exact) mass is 434 g/mol. The Balaban J connectivity index is 1.60. The summed E-state index contributed by atoms with van der Waals surface area (Å²) < 4.78 is 12.0. The Labute approximate surface area is 191 Å². The molecule has 33 heavy (non-hydrogen) atoms. The van der Waals surface area contributed by atoms with Crippen molar-refractivity contribution in [2.75, 3.05) is 0 Å². The SMILES string of the molecule is Cc1ccc(COc2ccccc2[C@H]2C(C#N)=C(N)Oc3n[nH]c(-c4ccccc4)c32)cc1. The molecular formula is C27H22N4O2. The van der Waals surface area contributed by atoms with E-state index in [2.05, 4.69) is 35.3 Å². The van der Waals surface area contributed by atoms with Gasteiger partial charge in [-0.1, -0.05) is 78.4 Å². The first kappa shape index (κ1) is 20.4. The molecule has 0 saturated heterocycles. The van der Waals surface area contributed by atoms with Gasteiger partial charge >= 0.3 is 0 Å². The average molecular weight is 434 g/mol. The molecule has 1 aliphatic heterocycles. The predicted molar refractivity (Wildman–Crippen MR) is 125 cm³/mol. The van der Waals surface area contributed by atoms with Gasteiger partial charge in [0.1, 0.15) is 24.0 Å². The summed E-state index contributed by atoms with van der Waals surface area (Å²) in [6.45, 7) is 2.46. The summed E-state index contributed by atoms with van der Waals surface area (Å²) in [5.74, 6) is 0.608. The minimum Gasteiger partial charge on any atom is -0.489 e. The molecule has 0 spiro atoms. The molecule has 1 aliphatic rings. The summed E-state index contributed by atoms with van der Waals surface area (Å²) in [4.78, 5) is 0. The number of nitriles is 1. The van der Waals surface area contributed by atoms with E-state index in [-0.39, 0.29) is 5.88 Å². The summed E-state index contributed by atoms with van der Waals surface area (Å²) in [6.07, 6.45) is 0. The summed E-state index contributed by atoms with van der Waals surface area (Å²) in [6, 6.07) is 28.0. The molecular weight excluding hydrogens is 412 g/mol. The minimum absolute atomic E-state index is 0.0504. The van der Waals surface area contributed by atoms with Gasteiger partial charge in [-0.25, -0.2) is 0 Å². The smallest absolute Gasteiger partial charge is 0.244 e. The number of benzene rings is 3. The summed E-state index contributed by atoms with van der Waals surface area (Å²) in [5, 5.41) is 17.4. The van der Waals surface area contributed by atoms with Crippen molar-refractivity contribution in [3.8, 4) is 29.0 Å². The number of aromatic amines is 1. The van der Waals surface area contributed by atoms with E-state index in [0.717, 1.165) is 27.9 Å². The van der Waals surface area contributed by atoms with E-state index in [0.29, 0.717) is 23.8 Å². The molecule has 2 heterocycles. The number of allylic oxidation sites excluding steroid dienone is 1. The van der Waals surface area contributed by atoms with E-state index < -0.39 is 5.92 Å². The number of nitrogens with one attached hydrogen (secondary N) is 1. The van der Waals surface area contributed by atoms with Crippen LogP contribution in [-0.4, -0.2) is 10.2 Å². The first-order valence-corrected chi connectivity index (χ1v) is 10.6. The number of hydrogen-bond acceptors (Lipinski definition) is 5. The van der Waals surface area contributed by atoms with Gasteiger partial charge in [0, 0.05) is 5.56 Å². The van der Waals surface area contributed by atoms with E-state index in [1.165, 1.54) is 5.56 Å². The molecule has 1 atom stereocenters. The number of nitrogens with zero attached hydrogens (tertiary/aromatic N) is 2. The van der Waals surface area contributed by atoms with E-state index in [1.807, 2.05) is 66.7 Å². The van der Waals surface area contributed by atoms with Gasteiger partial charge in [0.05, 0.1) is 17.2 Å². The second-order valence-corrected chi connectivity index (χ2v) is 7.92. The fourth-order valence-corrected chi connectivity index (χ4v) is 4.08. The van der Waals surface area contributed by atoms with Crippen LogP contribution in [0.1, 0.15) is 28.2 Å². The van der Waals surface area contributed by atoms with Crippen molar-refractivity contribution in [3.63, 3.8) is 0 Å². The maximum absolute atomic E-state index is 10.0. The van der Waals surface area contributed by atoms with Crippen molar-refractivity contribution >= 4 is 0 Å². The number of nitrogens with two attached hydrogens (primary N) is 1. The van der Waals surface area contributed by atoms with Gasteiger partial charge in [-0.3, -0.25) is 5.10 Å². The number of para-hydroxylation sites is 1. The standard InChI is InChI=1S/C27H22N4O2/c1-17-11-13-18(14-12-17)16-32-22-10-6-5-9-20(22)23-21(15-28)26(29)33-27-24(23)25(30-31-27)19-7-3-2-4-8-19/h2-14,23H,16,29H2,1H3,(H,30,31)/t23-/m0/s1. The molecule has 0 bridgehead atoms. The Morgan fingerprint density at radius 1 is 1.03 bits per heavy atom. The van der Waals surface area contributed by atoms with Crippen LogP contribution < -0.4 is 15.2 Å². The topological polar surface area (TPSA) is 96.9 Å². The minimum atomic E-state index is -0.484. The summed E-state index contributed by atoms with van der Waals surface area (Å²) >= 11 is 0. The molecule has 0 fully saturated rings. The molecule has 162 valence electrons. The van der Waals surface area contributed by atoms with Crippen molar-refractivity contribution in [1.29, 1.82) is 5.26 Å². The first-order chi connectivity index (χ1) is 16.2. The van der Waals surface area contributed by atoms with Crippen molar-refractivity contribution in [1.82, 2.24) is 10.2 Å². The maximum atomic E-state index is 10.0. The average Bonchev–Trinajstić information content (AvgIpc) is 3.27. The zero-order chi connectivity index (χ0) is 22.8. The lowest BCUT2D eigenvalue weighted by Gasteiger charge is -2.25. The summed E-state index contributed by atoms with van der Waals surface area (Å²) in [7, 11) is 0. The highest BCUT2D eigenvalue weighted by molar-refractivity contribution is 5.71. The number of rotatable bonds is 5. The fraction of sp³-hybridized carbons (Fsp3) is 0.111. The molecule has 0 saturated carbocycles. The lowest BCUT2D eigenvalue weighted by Crippen LogP contribution is -2.21. The number of ether oxygens (including phenoxy) is 2. The van der Waals surface area contributed by atoms with E-state index >= 15 is 0 Å². The van der Waals surface area contributed by atoms with Crippen LogP contribution in [0, 0.1) is 18.3 Å². The Morgan fingerprint density at radius 3 is 2.52 bits per heavy atom. The summed E-state index contributed by atoms with van der Waals surface area (Å²) in [5.41, 5.74) is 12.0. The number of aryl methyl sites for hydroxylation is 1. The number of aromatic nitrogens is 2. The van der Waals surface area contributed by atoms with Gasteiger partial charge in [0.15, 0.2) is 0 Å². The van der Waals surface area contributed by atoms with Crippen molar-refractivity contribution < 1.29 is 9.47 Å². The van der Waals surface area contributed by atoms with Crippen LogP contribution in [0.15, 0.2) is 90.3 Å². The molecule has 6 heteroatoms. The lowest BCUT2D eigenvalue weighted by molar-refractivity contribution is 0.301. The van der Waals surface area contributed by atoms with Crippen LogP contribution in [-0.2, 0) is 6.61 Å². The molecule has 6 nitrogen and oxygen atoms in total. The van der Waals surface area contributed by atoms with Crippen LogP contribution in [0.3, 0.4) is 0 Å². The molecule has 0 aliphatic carbocycles. The van der Waals surface area contributed by atoms with Gasteiger partial charge in [0.2, 0.25) is 11.8 Å². The van der Waals surface area contributed by atoms with Gasteiger partial charge in [-0.2, -0.15) is 5.26 Å². The number of hydrogen-bond donors (Lipinski definition) is 2. The lowest BCUT2D eigenvalue weighted by atomic mass is 9.82. The van der Waals surface area contributed by atoms with Crippen molar-refractivity contribution in [2.45, 2.75) is 19.4 Å². The third-order valence-corrected chi connectivity index (χ3v) is 5.75. The fourth-order valence-electron chi connectivity index (χ4n) is 4.08. The van der Waals surface area contributed by atoms with Crippen LogP contribution in [0.5, 0.6) is 11.6 Å². The van der Waals surface area contributed by atoms with Gasteiger partial charge < -0.3 is 15.2 Å². The highest BCUT2D eigenvalue weighted by atomic mass is 16.5. The zero-order valence-electron chi connectivity index (χ0n) is 18.1. The molecule has 5 rings (SSSR count). The Bertz CT molecular complexity index is 1370. The third-order valence-electron chi connectivity index (χ3n) is 5.75. The van der Waals surface area contributed by atoms with Gasteiger partial charge in [-0.15, -0.1) is 5.10 Å². The second-order valence-electron chi connectivity index (χ2n) is 7.92. The van der Waals surface area contributed by atoms with Crippen LogP contribution in [0.2, 0.25) is 0 Å². The Kier molecular flexibility index (Phi) is 5.29. The zero-order valence-corrected chi connectivity index (χ0v) is 18.1. The highest BCUT2D eigenvalue weighted by Crippen LogP contribution is 2.47. The Hall–Kier alpha value is -4.50. The van der Waals surface area contributed by atoms with Crippen LogP contribution in [0.25, 0.3) is 11.3 Å². The number of H-pyrrole nitrogens is 1. The molecule has 0 amide bonds. The normalized spacial score (nSPS) is 14.8. The maximum Gasteiger partial charge on any atom is 0.244 e. The van der Waals surface area contributed by atoms with E-state index in [9.17, 15) is 5.26 Å².